The van der Waals surface area contributed by atoms with E-state index in [4.69, 9.17) is 22.1 Å². The number of carbonyl (C=O) groups is 2. The van der Waals surface area contributed by atoms with Crippen molar-refractivity contribution in [3.63, 3.8) is 0 Å². The van der Waals surface area contributed by atoms with Crippen LogP contribution in [0.2, 0.25) is 5.02 Å². The number of nitrogens with two attached hydrogens (primary N) is 1. The Morgan fingerprint density at radius 3 is 2.72 bits per heavy atom. The number of aliphatic hydroxyl groups excluding tert-OH is 1. The molecule has 2 atom stereocenters. The standard InChI is InChI=1S/C18H21ClN2O4/c19-10-1-2-13-11(7-10)12(22)8-14(25-13)16(24)21-17-3-5-18(20,6-4-17)15(23)9-17/h1-2,7,14-15,23H,3-6,8-9,20H2,(H,21,24)/t14?,15-,17?,18?/m0/s1. The lowest BCUT2D eigenvalue weighted by atomic mass is 9.60. The van der Waals surface area contributed by atoms with Crippen molar-refractivity contribution in [2.24, 2.45) is 5.73 Å². The summed E-state index contributed by atoms with van der Waals surface area (Å²) in [7, 11) is 0. The topological polar surface area (TPSA) is 102 Å². The van der Waals surface area contributed by atoms with Gasteiger partial charge < -0.3 is 20.9 Å². The summed E-state index contributed by atoms with van der Waals surface area (Å²) in [5, 5.41) is 13.8. The van der Waals surface area contributed by atoms with E-state index in [0.29, 0.717) is 35.6 Å². The Hall–Kier alpha value is -1.63. The maximum Gasteiger partial charge on any atom is 0.261 e. The van der Waals surface area contributed by atoms with E-state index in [9.17, 15) is 14.7 Å². The monoisotopic (exact) mass is 364 g/mol. The fourth-order valence-corrected chi connectivity index (χ4v) is 4.44. The Bertz CT molecular complexity index is 743. The number of ether oxygens (including phenoxy) is 1. The molecule has 3 saturated carbocycles. The van der Waals surface area contributed by atoms with Crippen LogP contribution in [-0.2, 0) is 4.79 Å². The lowest BCUT2D eigenvalue weighted by Crippen LogP contribution is -2.69. The number of amides is 1. The highest BCUT2D eigenvalue weighted by Crippen LogP contribution is 2.45. The molecule has 2 bridgehead atoms. The molecule has 134 valence electrons. The molecule has 0 spiro atoms. The number of carbonyl (C=O) groups excluding carboxylic acids is 2. The maximum atomic E-state index is 12.7. The van der Waals surface area contributed by atoms with Gasteiger partial charge in [-0.1, -0.05) is 11.6 Å². The molecule has 3 fully saturated rings. The highest BCUT2D eigenvalue weighted by molar-refractivity contribution is 6.31. The Balaban J connectivity index is 1.49. The van der Waals surface area contributed by atoms with Gasteiger partial charge in [-0.25, -0.2) is 0 Å². The van der Waals surface area contributed by atoms with E-state index < -0.39 is 23.3 Å². The van der Waals surface area contributed by atoms with Crippen LogP contribution in [0.1, 0.15) is 48.9 Å². The van der Waals surface area contributed by atoms with Crippen molar-refractivity contribution in [1.82, 2.24) is 5.32 Å². The van der Waals surface area contributed by atoms with Crippen molar-refractivity contribution in [2.45, 2.75) is 61.8 Å². The van der Waals surface area contributed by atoms with Crippen LogP contribution in [0.5, 0.6) is 5.75 Å². The van der Waals surface area contributed by atoms with Crippen molar-refractivity contribution in [1.29, 1.82) is 0 Å². The first-order valence-electron chi connectivity index (χ1n) is 8.59. The third kappa shape index (κ3) is 2.82. The summed E-state index contributed by atoms with van der Waals surface area (Å²) in [5.41, 5.74) is 5.64. The highest BCUT2D eigenvalue weighted by Gasteiger charge is 2.53. The summed E-state index contributed by atoms with van der Waals surface area (Å²) in [6.45, 7) is 0. The van der Waals surface area contributed by atoms with Crippen LogP contribution in [-0.4, -0.2) is 40.1 Å². The zero-order valence-corrected chi connectivity index (χ0v) is 14.5. The zero-order chi connectivity index (χ0) is 17.8. The van der Waals surface area contributed by atoms with Gasteiger partial charge in [0.25, 0.3) is 5.91 Å². The van der Waals surface area contributed by atoms with E-state index >= 15 is 0 Å². The van der Waals surface area contributed by atoms with Gasteiger partial charge in [-0.2, -0.15) is 0 Å². The molecule has 0 saturated heterocycles. The predicted octanol–water partition coefficient (Wildman–Crippen LogP) is 1.56. The summed E-state index contributed by atoms with van der Waals surface area (Å²) in [4.78, 5) is 25.1. The number of benzene rings is 1. The number of hydrogen-bond acceptors (Lipinski definition) is 5. The fourth-order valence-electron chi connectivity index (χ4n) is 4.26. The Morgan fingerprint density at radius 2 is 2.04 bits per heavy atom. The van der Waals surface area contributed by atoms with Crippen LogP contribution in [0.15, 0.2) is 18.2 Å². The summed E-state index contributed by atoms with van der Waals surface area (Å²) in [5.74, 6) is -0.0890. The molecule has 6 nitrogen and oxygen atoms in total. The Morgan fingerprint density at radius 1 is 1.32 bits per heavy atom. The first-order chi connectivity index (χ1) is 11.8. The lowest BCUT2D eigenvalue weighted by Gasteiger charge is -2.54. The SMILES string of the molecule is NC12CCC(NC(=O)C3CC(=O)c4cc(Cl)ccc4O3)(CC1)C[C@@H]2O. The molecular weight excluding hydrogens is 344 g/mol. The molecule has 1 aliphatic heterocycles. The van der Waals surface area contributed by atoms with Crippen LogP contribution in [0.4, 0.5) is 0 Å². The van der Waals surface area contributed by atoms with Crippen molar-refractivity contribution in [3.8, 4) is 5.75 Å². The normalized spacial score (nSPS) is 36.5. The minimum Gasteiger partial charge on any atom is -0.479 e. The first kappa shape index (κ1) is 16.8. The van der Waals surface area contributed by atoms with E-state index in [1.165, 1.54) is 0 Å². The molecule has 1 amide bonds. The van der Waals surface area contributed by atoms with Crippen molar-refractivity contribution in [2.75, 3.05) is 0 Å². The van der Waals surface area contributed by atoms with E-state index in [2.05, 4.69) is 5.32 Å². The third-order valence-corrected chi connectivity index (χ3v) is 6.18. The molecule has 7 heteroatoms. The van der Waals surface area contributed by atoms with Gasteiger partial charge in [0.15, 0.2) is 11.9 Å². The molecule has 3 aliphatic carbocycles. The van der Waals surface area contributed by atoms with Crippen molar-refractivity contribution in [3.05, 3.63) is 28.8 Å². The number of rotatable bonds is 2. The molecule has 4 aliphatic rings. The molecule has 1 aromatic rings. The van der Waals surface area contributed by atoms with Gasteiger partial charge in [0.05, 0.1) is 18.1 Å². The van der Waals surface area contributed by atoms with Crippen LogP contribution in [0.3, 0.4) is 0 Å². The second-order valence-electron chi connectivity index (χ2n) is 7.60. The molecule has 1 unspecified atom stereocenters. The summed E-state index contributed by atoms with van der Waals surface area (Å²) in [6, 6.07) is 4.80. The molecule has 4 N–H and O–H groups in total. The minimum atomic E-state index is -0.862. The third-order valence-electron chi connectivity index (χ3n) is 5.95. The number of nitrogens with one attached hydrogen (secondary N) is 1. The van der Waals surface area contributed by atoms with Gasteiger partial charge in [0.1, 0.15) is 5.75 Å². The smallest absolute Gasteiger partial charge is 0.261 e. The average molecular weight is 365 g/mol. The summed E-state index contributed by atoms with van der Waals surface area (Å²) < 4.78 is 5.73. The van der Waals surface area contributed by atoms with Gasteiger partial charge in [0.2, 0.25) is 0 Å². The Kier molecular flexibility index (Phi) is 3.83. The van der Waals surface area contributed by atoms with E-state index in [1.807, 2.05) is 0 Å². The fraction of sp³-hybridized carbons (Fsp3) is 0.556. The van der Waals surface area contributed by atoms with Gasteiger partial charge in [-0.3, -0.25) is 9.59 Å². The van der Waals surface area contributed by atoms with Gasteiger partial charge in [-0.15, -0.1) is 0 Å². The van der Waals surface area contributed by atoms with Crippen LogP contribution < -0.4 is 15.8 Å². The highest BCUT2D eigenvalue weighted by atomic mass is 35.5. The maximum absolute atomic E-state index is 12.7. The molecule has 5 rings (SSSR count). The molecule has 0 aromatic heterocycles. The van der Waals surface area contributed by atoms with Crippen LogP contribution in [0.25, 0.3) is 0 Å². The quantitative estimate of drug-likeness (QED) is 0.739. The largest absolute Gasteiger partial charge is 0.479 e. The zero-order valence-electron chi connectivity index (χ0n) is 13.8. The Labute approximate surface area is 150 Å². The van der Waals surface area contributed by atoms with Crippen LogP contribution >= 0.6 is 11.6 Å². The molecule has 1 heterocycles. The number of hydrogen-bond donors (Lipinski definition) is 3. The van der Waals surface area contributed by atoms with Crippen LogP contribution in [0, 0.1) is 0 Å². The van der Waals surface area contributed by atoms with E-state index in [1.54, 1.807) is 18.2 Å². The molecule has 25 heavy (non-hydrogen) atoms. The van der Waals surface area contributed by atoms with Gasteiger partial charge in [-0.05, 0) is 50.3 Å². The molecule has 1 aromatic carbocycles. The number of halogens is 1. The average Bonchev–Trinajstić information content (AvgIpc) is 2.57. The van der Waals surface area contributed by atoms with Crippen molar-refractivity contribution < 1.29 is 19.4 Å². The number of ketones is 1. The van der Waals surface area contributed by atoms with Gasteiger partial charge in [0, 0.05) is 16.1 Å². The van der Waals surface area contributed by atoms with E-state index in [-0.39, 0.29) is 18.1 Å². The van der Waals surface area contributed by atoms with E-state index in [0.717, 1.165) is 12.8 Å². The number of Topliss-reactive ketones (excluding diaryl/α,β-unsaturated/α-hetero) is 1. The lowest BCUT2D eigenvalue weighted by molar-refractivity contribution is -0.134. The second kappa shape index (κ2) is 5.69. The molecular formula is C18H21ClN2O4. The number of aliphatic hydroxyl groups is 1. The summed E-state index contributed by atoms with van der Waals surface area (Å²) in [6.07, 6.45) is 1.78. The first-order valence-corrected chi connectivity index (χ1v) is 8.97. The van der Waals surface area contributed by atoms with Crippen molar-refractivity contribution >= 4 is 23.3 Å². The second-order valence-corrected chi connectivity index (χ2v) is 8.03. The predicted molar refractivity (Wildman–Crippen MR) is 91.7 cm³/mol. The van der Waals surface area contributed by atoms with Gasteiger partial charge >= 0.3 is 0 Å². The number of fused-ring (bicyclic) bond motifs is 4. The minimum absolute atomic E-state index is 0.0152. The molecule has 0 radical (unpaired) electrons. The summed E-state index contributed by atoms with van der Waals surface area (Å²) >= 11 is 5.92.